The Kier molecular flexibility index (Phi) is 4.31. The molecular formula is C12H15ClN2O4S. The van der Waals surface area contributed by atoms with Gasteiger partial charge in [-0.15, -0.1) is 0 Å². The van der Waals surface area contributed by atoms with E-state index in [9.17, 15) is 18.3 Å². The van der Waals surface area contributed by atoms with Crippen molar-refractivity contribution in [2.45, 2.75) is 30.7 Å². The largest absolute Gasteiger partial charge is 0.480 e. The molecule has 1 saturated heterocycles. The molecule has 1 aromatic heterocycles. The maximum absolute atomic E-state index is 12.6. The quantitative estimate of drug-likeness (QED) is 0.855. The van der Waals surface area contributed by atoms with E-state index in [0.29, 0.717) is 12.8 Å². The maximum Gasteiger partial charge on any atom is 0.322 e. The maximum atomic E-state index is 12.6. The summed E-state index contributed by atoms with van der Waals surface area (Å²) >= 11 is 5.82. The van der Waals surface area contributed by atoms with Gasteiger partial charge in [0.1, 0.15) is 16.1 Å². The molecule has 1 fully saturated rings. The van der Waals surface area contributed by atoms with Gasteiger partial charge < -0.3 is 5.11 Å². The van der Waals surface area contributed by atoms with E-state index < -0.39 is 22.0 Å². The molecule has 8 heteroatoms. The highest BCUT2D eigenvalue weighted by molar-refractivity contribution is 7.89. The number of hydrogen-bond acceptors (Lipinski definition) is 4. The number of pyridine rings is 1. The van der Waals surface area contributed by atoms with Crippen LogP contribution in [-0.4, -0.2) is 41.4 Å². The molecule has 2 heterocycles. The SMILES string of the molecule is CC1CCN(S(=O)(=O)c2cccnc2Cl)C(C(=O)O)C1. The second kappa shape index (κ2) is 5.67. The average molecular weight is 319 g/mol. The number of halogens is 1. The first kappa shape index (κ1) is 15.2. The molecule has 1 aromatic rings. The summed E-state index contributed by atoms with van der Waals surface area (Å²) in [5.74, 6) is -0.966. The van der Waals surface area contributed by atoms with E-state index in [1.807, 2.05) is 6.92 Å². The zero-order chi connectivity index (χ0) is 14.9. The molecule has 0 spiro atoms. The minimum absolute atomic E-state index is 0.143. The van der Waals surface area contributed by atoms with E-state index in [-0.39, 0.29) is 22.5 Å². The van der Waals surface area contributed by atoms with Crippen molar-refractivity contribution < 1.29 is 18.3 Å². The summed E-state index contributed by atoms with van der Waals surface area (Å²) in [7, 11) is -3.95. The fourth-order valence-corrected chi connectivity index (χ4v) is 4.36. The monoisotopic (exact) mass is 318 g/mol. The second-order valence-corrected chi connectivity index (χ2v) is 7.11. The molecule has 1 N–H and O–H groups in total. The van der Waals surface area contributed by atoms with Gasteiger partial charge in [-0.3, -0.25) is 4.79 Å². The number of carbonyl (C=O) groups is 1. The molecule has 2 unspecified atom stereocenters. The normalized spacial score (nSPS) is 24.5. The number of aromatic nitrogens is 1. The van der Waals surface area contributed by atoms with Crippen LogP contribution in [0.25, 0.3) is 0 Å². The van der Waals surface area contributed by atoms with Crippen molar-refractivity contribution in [2.75, 3.05) is 6.54 Å². The van der Waals surface area contributed by atoms with Crippen molar-refractivity contribution in [3.8, 4) is 0 Å². The van der Waals surface area contributed by atoms with Crippen LogP contribution >= 0.6 is 11.6 Å². The van der Waals surface area contributed by atoms with Crippen molar-refractivity contribution in [1.29, 1.82) is 0 Å². The van der Waals surface area contributed by atoms with E-state index in [0.717, 1.165) is 4.31 Å². The third-order valence-electron chi connectivity index (χ3n) is 3.41. The van der Waals surface area contributed by atoms with Gasteiger partial charge in [-0.05, 0) is 30.9 Å². The summed E-state index contributed by atoms with van der Waals surface area (Å²) in [5.41, 5.74) is 0. The lowest BCUT2D eigenvalue weighted by Crippen LogP contribution is -2.49. The number of piperidine rings is 1. The molecule has 1 aliphatic rings. The van der Waals surface area contributed by atoms with Crippen LogP contribution in [0.1, 0.15) is 19.8 Å². The average Bonchev–Trinajstić information content (AvgIpc) is 2.38. The number of aliphatic carboxylic acids is 1. The third kappa shape index (κ3) is 2.79. The smallest absolute Gasteiger partial charge is 0.322 e. The van der Waals surface area contributed by atoms with Gasteiger partial charge >= 0.3 is 5.97 Å². The van der Waals surface area contributed by atoms with E-state index in [1.54, 1.807) is 0 Å². The van der Waals surface area contributed by atoms with Crippen LogP contribution < -0.4 is 0 Å². The van der Waals surface area contributed by atoms with Crippen molar-refractivity contribution in [3.63, 3.8) is 0 Å². The molecule has 0 bridgehead atoms. The Bertz CT molecular complexity index is 620. The lowest BCUT2D eigenvalue weighted by Gasteiger charge is -2.34. The zero-order valence-electron chi connectivity index (χ0n) is 10.9. The van der Waals surface area contributed by atoms with Gasteiger partial charge in [0.05, 0.1) is 0 Å². The molecule has 20 heavy (non-hydrogen) atoms. The van der Waals surface area contributed by atoms with Crippen molar-refractivity contribution in [2.24, 2.45) is 5.92 Å². The van der Waals surface area contributed by atoms with Crippen LogP contribution in [0.3, 0.4) is 0 Å². The van der Waals surface area contributed by atoms with Crippen LogP contribution in [-0.2, 0) is 14.8 Å². The van der Waals surface area contributed by atoms with Crippen LogP contribution in [0.2, 0.25) is 5.15 Å². The first-order valence-corrected chi connectivity index (χ1v) is 8.01. The highest BCUT2D eigenvalue weighted by Gasteiger charge is 2.40. The Balaban J connectivity index is 2.42. The first-order valence-electron chi connectivity index (χ1n) is 6.19. The predicted octanol–water partition coefficient (Wildman–Crippen LogP) is 1.61. The summed E-state index contributed by atoms with van der Waals surface area (Å²) in [5, 5.41) is 9.11. The number of nitrogens with zero attached hydrogens (tertiary/aromatic N) is 2. The molecule has 6 nitrogen and oxygen atoms in total. The Morgan fingerprint density at radius 2 is 2.25 bits per heavy atom. The van der Waals surface area contributed by atoms with E-state index in [4.69, 9.17) is 11.6 Å². The molecule has 0 aliphatic carbocycles. The number of rotatable bonds is 3. The second-order valence-electron chi connectivity index (χ2n) is 4.89. The lowest BCUT2D eigenvalue weighted by atomic mass is 9.94. The fourth-order valence-electron chi connectivity index (χ4n) is 2.32. The lowest BCUT2D eigenvalue weighted by molar-refractivity contribution is -0.143. The molecule has 0 aromatic carbocycles. The third-order valence-corrected chi connectivity index (χ3v) is 5.77. The summed E-state index contributed by atoms with van der Waals surface area (Å²) in [6, 6.07) is 1.74. The fraction of sp³-hybridized carbons (Fsp3) is 0.500. The molecule has 0 saturated carbocycles. The van der Waals surface area contributed by atoms with Crippen molar-refractivity contribution in [1.82, 2.24) is 9.29 Å². The topological polar surface area (TPSA) is 87.6 Å². The number of hydrogen-bond donors (Lipinski definition) is 1. The number of sulfonamides is 1. The van der Waals surface area contributed by atoms with Gasteiger partial charge in [0.25, 0.3) is 0 Å². The summed E-state index contributed by atoms with van der Waals surface area (Å²) in [6.45, 7) is 2.09. The van der Waals surface area contributed by atoms with Gasteiger partial charge in [0, 0.05) is 12.7 Å². The van der Waals surface area contributed by atoms with Crippen molar-refractivity contribution >= 4 is 27.6 Å². The molecule has 0 amide bonds. The first-order chi connectivity index (χ1) is 9.34. The van der Waals surface area contributed by atoms with E-state index >= 15 is 0 Å². The predicted molar refractivity (Wildman–Crippen MR) is 73.0 cm³/mol. The molecule has 0 radical (unpaired) electrons. The van der Waals surface area contributed by atoms with Crippen LogP contribution in [0.15, 0.2) is 23.2 Å². The van der Waals surface area contributed by atoms with Crippen LogP contribution in [0, 0.1) is 5.92 Å². The molecule has 1 aliphatic heterocycles. The van der Waals surface area contributed by atoms with E-state index in [2.05, 4.69) is 4.98 Å². The van der Waals surface area contributed by atoms with Gasteiger partial charge in [0.2, 0.25) is 10.0 Å². The summed E-state index contributed by atoms with van der Waals surface area (Å²) in [6.07, 6.45) is 2.31. The van der Waals surface area contributed by atoms with E-state index in [1.165, 1.54) is 18.3 Å². The highest BCUT2D eigenvalue weighted by Crippen LogP contribution is 2.30. The van der Waals surface area contributed by atoms with Crippen molar-refractivity contribution in [3.05, 3.63) is 23.5 Å². The van der Waals surface area contributed by atoms with Gasteiger partial charge in [-0.2, -0.15) is 4.31 Å². The Hall–Kier alpha value is -1.18. The molecule has 2 atom stereocenters. The number of carboxylic acids is 1. The zero-order valence-corrected chi connectivity index (χ0v) is 12.4. The van der Waals surface area contributed by atoms with Gasteiger partial charge in [-0.25, -0.2) is 13.4 Å². The standard InChI is InChI=1S/C12H15ClN2O4S/c1-8-4-6-15(9(7-8)12(16)17)20(18,19)10-3-2-5-14-11(10)13/h2-3,5,8-9H,4,6-7H2,1H3,(H,16,17). The van der Waals surface area contributed by atoms with Gasteiger partial charge in [0.15, 0.2) is 0 Å². The minimum Gasteiger partial charge on any atom is -0.480 e. The Labute approximate surface area is 122 Å². The van der Waals surface area contributed by atoms with Crippen LogP contribution in [0.4, 0.5) is 0 Å². The molecule has 110 valence electrons. The highest BCUT2D eigenvalue weighted by atomic mass is 35.5. The van der Waals surface area contributed by atoms with Gasteiger partial charge in [-0.1, -0.05) is 18.5 Å². The Morgan fingerprint density at radius 1 is 1.55 bits per heavy atom. The number of carboxylic acid groups (broad SMARTS) is 1. The van der Waals surface area contributed by atoms with Crippen LogP contribution in [0.5, 0.6) is 0 Å². The minimum atomic E-state index is -3.95. The molecule has 2 rings (SSSR count). The Morgan fingerprint density at radius 3 is 2.85 bits per heavy atom. The molecular weight excluding hydrogens is 304 g/mol. The summed E-state index contributed by atoms with van der Waals surface area (Å²) in [4.78, 5) is 14.9. The summed E-state index contributed by atoms with van der Waals surface area (Å²) < 4.78 is 26.1.